The molecule has 0 aromatic heterocycles. The summed E-state index contributed by atoms with van der Waals surface area (Å²) in [6.45, 7) is 11.1. The van der Waals surface area contributed by atoms with E-state index in [1.54, 1.807) is 0 Å². The van der Waals surface area contributed by atoms with Gasteiger partial charge >= 0.3 is 6.09 Å². The quantitative estimate of drug-likeness (QED) is 0.599. The topological polar surface area (TPSA) is 87.3 Å². The highest BCUT2D eigenvalue weighted by atomic mass is 16.7. The number of rotatable bonds is 3. The van der Waals surface area contributed by atoms with Gasteiger partial charge in [-0.3, -0.25) is 10.3 Å². The van der Waals surface area contributed by atoms with E-state index in [0.717, 1.165) is 65.1 Å². The van der Waals surface area contributed by atoms with Crippen molar-refractivity contribution in [3.63, 3.8) is 0 Å². The van der Waals surface area contributed by atoms with Crippen LogP contribution in [0.25, 0.3) is 0 Å². The number of amides is 1. The zero-order valence-corrected chi connectivity index (χ0v) is 19.1. The number of fused-ring (bicyclic) bond motifs is 1. The normalized spacial score (nSPS) is 38.2. The highest BCUT2D eigenvalue weighted by molar-refractivity contribution is 5.68. The molecule has 0 aromatic carbocycles. The lowest BCUT2D eigenvalue weighted by Gasteiger charge is -2.43. The number of hydrazine groups is 1. The molecule has 5 rings (SSSR count). The second-order valence-corrected chi connectivity index (χ2v) is 11.0. The van der Waals surface area contributed by atoms with Crippen molar-refractivity contribution in [3.8, 4) is 0 Å². The van der Waals surface area contributed by atoms with Crippen molar-refractivity contribution < 1.29 is 19.1 Å². The Labute approximate surface area is 185 Å². The standard InChI is InChI=1S/C22H39N5O4/c1-22(2,3)30-21(28)26-6-4-14(5-7-26)17-9-20(31-25-17)18-8-19-15(10-23-18)11-24-27(19)16-12-29-13-16/h14-20,23-25H,4-13H2,1-3H3. The van der Waals surface area contributed by atoms with E-state index in [9.17, 15) is 4.79 Å². The Hall–Kier alpha value is -0.970. The SMILES string of the molecule is CC(C)(C)OC(=O)N1CCC(C2CC(C3CC4C(CN3)CNN4C3COC3)ON2)CC1. The molecule has 0 aliphatic carbocycles. The van der Waals surface area contributed by atoms with Gasteiger partial charge in [0, 0.05) is 50.2 Å². The van der Waals surface area contributed by atoms with Crippen molar-refractivity contribution in [2.45, 2.75) is 82.3 Å². The molecular formula is C22H39N5O4. The number of hydrogen-bond donors (Lipinski definition) is 3. The number of nitrogens with zero attached hydrogens (tertiary/aromatic N) is 2. The predicted octanol–water partition coefficient (Wildman–Crippen LogP) is 0.861. The summed E-state index contributed by atoms with van der Waals surface area (Å²) >= 11 is 0. The van der Waals surface area contributed by atoms with E-state index in [4.69, 9.17) is 14.3 Å². The summed E-state index contributed by atoms with van der Waals surface area (Å²) in [6, 6.07) is 1.84. The summed E-state index contributed by atoms with van der Waals surface area (Å²) in [7, 11) is 0. The molecule has 5 fully saturated rings. The molecule has 5 heterocycles. The van der Waals surface area contributed by atoms with Crippen LogP contribution in [0.1, 0.15) is 46.5 Å². The number of carbonyl (C=O) groups excluding carboxylic acids is 1. The first kappa shape index (κ1) is 21.9. The third-order valence-electron chi connectivity index (χ3n) is 7.66. The lowest BCUT2D eigenvalue weighted by molar-refractivity contribution is -0.0958. The largest absolute Gasteiger partial charge is 0.444 e. The Kier molecular flexibility index (Phi) is 6.17. The summed E-state index contributed by atoms with van der Waals surface area (Å²) in [6.07, 6.45) is 4.16. The number of nitrogens with one attached hydrogen (secondary N) is 3. The van der Waals surface area contributed by atoms with Crippen LogP contribution in [0.2, 0.25) is 0 Å². The maximum Gasteiger partial charge on any atom is 0.410 e. The summed E-state index contributed by atoms with van der Waals surface area (Å²) in [5.74, 6) is 1.20. The fourth-order valence-electron chi connectivity index (χ4n) is 5.80. The fourth-order valence-corrected chi connectivity index (χ4v) is 5.80. The monoisotopic (exact) mass is 437 g/mol. The maximum absolute atomic E-state index is 12.3. The van der Waals surface area contributed by atoms with Gasteiger partial charge in [0.05, 0.1) is 25.4 Å². The average Bonchev–Trinajstić information content (AvgIpc) is 3.33. The van der Waals surface area contributed by atoms with Gasteiger partial charge in [-0.1, -0.05) is 0 Å². The molecule has 0 aromatic rings. The second kappa shape index (κ2) is 8.76. The molecule has 0 radical (unpaired) electrons. The lowest BCUT2D eigenvalue weighted by atomic mass is 9.83. The Morgan fingerprint density at radius 2 is 1.81 bits per heavy atom. The predicted molar refractivity (Wildman–Crippen MR) is 115 cm³/mol. The van der Waals surface area contributed by atoms with Crippen LogP contribution in [-0.4, -0.2) is 91.3 Å². The molecule has 0 spiro atoms. The number of hydrogen-bond acceptors (Lipinski definition) is 8. The van der Waals surface area contributed by atoms with Crippen molar-refractivity contribution in [1.29, 1.82) is 0 Å². The Morgan fingerprint density at radius 1 is 1.03 bits per heavy atom. The minimum Gasteiger partial charge on any atom is -0.444 e. The van der Waals surface area contributed by atoms with Gasteiger partial charge in [-0.05, 0) is 52.4 Å². The van der Waals surface area contributed by atoms with Crippen LogP contribution in [0.3, 0.4) is 0 Å². The van der Waals surface area contributed by atoms with Gasteiger partial charge in [-0.15, -0.1) is 0 Å². The molecule has 0 bridgehead atoms. The van der Waals surface area contributed by atoms with E-state index in [1.807, 2.05) is 25.7 Å². The van der Waals surface area contributed by atoms with Crippen LogP contribution in [0.15, 0.2) is 0 Å². The van der Waals surface area contributed by atoms with Crippen molar-refractivity contribution in [1.82, 2.24) is 26.1 Å². The number of hydroxylamine groups is 1. The molecular weight excluding hydrogens is 398 g/mol. The molecule has 5 aliphatic rings. The average molecular weight is 438 g/mol. The molecule has 9 heteroatoms. The number of carbonyl (C=O) groups is 1. The molecule has 5 aliphatic heterocycles. The highest BCUT2D eigenvalue weighted by Gasteiger charge is 2.47. The molecule has 3 N–H and O–H groups in total. The molecule has 5 atom stereocenters. The summed E-state index contributed by atoms with van der Waals surface area (Å²) in [5, 5.41) is 6.23. The zero-order valence-electron chi connectivity index (χ0n) is 19.1. The lowest BCUT2D eigenvalue weighted by Crippen LogP contribution is -2.59. The smallest absolute Gasteiger partial charge is 0.410 e. The van der Waals surface area contributed by atoms with E-state index in [1.165, 1.54) is 0 Å². The minimum atomic E-state index is -0.440. The number of likely N-dealkylation sites (tertiary alicyclic amines) is 1. The number of ether oxygens (including phenoxy) is 2. The van der Waals surface area contributed by atoms with Gasteiger partial charge in [0.1, 0.15) is 5.60 Å². The second-order valence-electron chi connectivity index (χ2n) is 11.0. The van der Waals surface area contributed by atoms with Crippen LogP contribution in [0, 0.1) is 11.8 Å². The zero-order chi connectivity index (χ0) is 21.6. The van der Waals surface area contributed by atoms with Crippen LogP contribution in [0.5, 0.6) is 0 Å². The number of piperidine rings is 2. The van der Waals surface area contributed by atoms with Gasteiger partial charge in [0.15, 0.2) is 0 Å². The van der Waals surface area contributed by atoms with Gasteiger partial charge < -0.3 is 19.7 Å². The molecule has 1 amide bonds. The van der Waals surface area contributed by atoms with Gasteiger partial charge in [0.25, 0.3) is 0 Å². The first-order valence-corrected chi connectivity index (χ1v) is 12.1. The first-order chi connectivity index (χ1) is 14.9. The van der Waals surface area contributed by atoms with Gasteiger partial charge in [-0.2, -0.15) is 5.48 Å². The highest BCUT2D eigenvalue weighted by Crippen LogP contribution is 2.33. The van der Waals surface area contributed by atoms with E-state index in [0.29, 0.717) is 36.0 Å². The molecule has 5 saturated heterocycles. The maximum atomic E-state index is 12.3. The Balaban J connectivity index is 1.10. The van der Waals surface area contributed by atoms with E-state index < -0.39 is 5.60 Å². The van der Waals surface area contributed by atoms with E-state index >= 15 is 0 Å². The van der Waals surface area contributed by atoms with Crippen LogP contribution in [-0.2, 0) is 14.3 Å². The van der Waals surface area contributed by atoms with Crippen molar-refractivity contribution >= 4 is 6.09 Å². The fraction of sp³-hybridized carbons (Fsp3) is 0.955. The van der Waals surface area contributed by atoms with Crippen LogP contribution in [0.4, 0.5) is 4.79 Å². The van der Waals surface area contributed by atoms with Gasteiger partial charge in [-0.25, -0.2) is 9.80 Å². The Morgan fingerprint density at radius 3 is 2.48 bits per heavy atom. The van der Waals surface area contributed by atoms with E-state index in [-0.39, 0.29) is 12.2 Å². The molecule has 31 heavy (non-hydrogen) atoms. The van der Waals surface area contributed by atoms with Gasteiger partial charge in [0.2, 0.25) is 0 Å². The van der Waals surface area contributed by atoms with Crippen molar-refractivity contribution in [2.75, 3.05) is 39.4 Å². The first-order valence-electron chi connectivity index (χ1n) is 12.1. The third-order valence-corrected chi connectivity index (χ3v) is 7.66. The molecule has 9 nitrogen and oxygen atoms in total. The molecule has 0 saturated carbocycles. The van der Waals surface area contributed by atoms with Crippen LogP contribution >= 0.6 is 0 Å². The van der Waals surface area contributed by atoms with Crippen molar-refractivity contribution in [3.05, 3.63) is 0 Å². The Bertz CT molecular complexity index is 646. The minimum absolute atomic E-state index is 0.188. The molecule has 5 unspecified atom stereocenters. The third kappa shape index (κ3) is 4.72. The van der Waals surface area contributed by atoms with E-state index in [2.05, 4.69) is 21.2 Å². The van der Waals surface area contributed by atoms with Crippen molar-refractivity contribution in [2.24, 2.45) is 11.8 Å². The summed E-state index contributed by atoms with van der Waals surface area (Å²) in [5.41, 5.74) is 6.52. The van der Waals surface area contributed by atoms with Crippen LogP contribution < -0.4 is 16.2 Å². The summed E-state index contributed by atoms with van der Waals surface area (Å²) in [4.78, 5) is 20.3. The molecule has 176 valence electrons. The summed E-state index contributed by atoms with van der Waals surface area (Å²) < 4.78 is 10.9.